The molecule has 29 heavy (non-hydrogen) atoms. The Morgan fingerprint density at radius 1 is 1.07 bits per heavy atom. The van der Waals surface area contributed by atoms with Crippen molar-refractivity contribution in [2.75, 3.05) is 31.7 Å². The highest BCUT2D eigenvalue weighted by molar-refractivity contribution is 7.98. The molecule has 0 saturated carbocycles. The van der Waals surface area contributed by atoms with Crippen LogP contribution in [-0.4, -0.2) is 38.2 Å². The van der Waals surface area contributed by atoms with Gasteiger partial charge in [-0.1, -0.05) is 30.3 Å². The molecule has 6 nitrogen and oxygen atoms in total. The average molecular weight is 413 g/mol. The minimum Gasteiger partial charge on any atom is -0.459 e. The van der Waals surface area contributed by atoms with Crippen molar-refractivity contribution in [3.63, 3.8) is 0 Å². The van der Waals surface area contributed by atoms with Crippen LogP contribution in [0, 0.1) is 0 Å². The lowest BCUT2D eigenvalue weighted by Crippen LogP contribution is -3.11. The lowest BCUT2D eigenvalue weighted by Gasteiger charge is -2.16. The molecule has 1 heterocycles. The second-order valence-corrected chi connectivity index (χ2v) is 7.88. The molecule has 0 spiro atoms. The Labute approximate surface area is 174 Å². The lowest BCUT2D eigenvalue weighted by molar-refractivity contribution is -0.862. The number of thioether (sulfide) groups is 1. The Kier molecular flexibility index (Phi) is 6.95. The number of carbonyl (C=O) groups is 2. The summed E-state index contributed by atoms with van der Waals surface area (Å²) in [7, 11) is 1.82. The summed E-state index contributed by atoms with van der Waals surface area (Å²) in [6.45, 7) is 2.29. The van der Waals surface area contributed by atoms with Crippen LogP contribution in [0.25, 0.3) is 11.0 Å². The second kappa shape index (κ2) is 9.62. The smallest absolute Gasteiger partial charge is 0.279 e. The summed E-state index contributed by atoms with van der Waals surface area (Å²) in [6.07, 6.45) is 1.97. The van der Waals surface area contributed by atoms with Gasteiger partial charge in [0.15, 0.2) is 13.1 Å². The van der Waals surface area contributed by atoms with E-state index in [1.54, 1.807) is 11.8 Å². The highest BCUT2D eigenvalue weighted by Gasteiger charge is 2.19. The first-order valence-electron chi connectivity index (χ1n) is 9.48. The first kappa shape index (κ1) is 21.0. The number of amides is 2. The standard InChI is InChI=1S/C22H25N3O3S/c1-15(19-12-16-8-4-6-10-18(16)28-19)23-21(26)13-25(2)14-22(27)24-17-9-5-7-11-20(17)29-3/h4-12,15H,13-14H2,1-3H3,(H,23,26)(H,24,27)/p+1/t15-/m1/s1. The number of para-hydroxylation sites is 2. The Morgan fingerprint density at radius 2 is 1.76 bits per heavy atom. The summed E-state index contributed by atoms with van der Waals surface area (Å²) >= 11 is 1.58. The van der Waals surface area contributed by atoms with Crippen molar-refractivity contribution in [2.45, 2.75) is 17.9 Å². The zero-order chi connectivity index (χ0) is 20.8. The molecule has 3 aromatic rings. The van der Waals surface area contributed by atoms with Gasteiger partial charge in [-0.2, -0.15) is 0 Å². The molecule has 0 saturated heterocycles. The largest absolute Gasteiger partial charge is 0.459 e. The highest BCUT2D eigenvalue weighted by Crippen LogP contribution is 2.24. The molecule has 0 bridgehead atoms. The molecule has 2 aromatic carbocycles. The predicted octanol–water partition coefficient (Wildman–Crippen LogP) is 2.49. The molecule has 0 aliphatic carbocycles. The molecular formula is C22H26N3O3S+. The van der Waals surface area contributed by atoms with Crippen molar-refractivity contribution < 1.29 is 18.9 Å². The van der Waals surface area contributed by atoms with E-state index in [4.69, 9.17) is 4.42 Å². The Morgan fingerprint density at radius 3 is 2.52 bits per heavy atom. The summed E-state index contributed by atoms with van der Waals surface area (Å²) in [5.74, 6) is 0.457. The number of anilines is 1. The number of furan rings is 1. The molecule has 152 valence electrons. The molecule has 0 aliphatic rings. The molecule has 0 aliphatic heterocycles. The normalized spacial score (nSPS) is 13.1. The van der Waals surface area contributed by atoms with E-state index in [9.17, 15) is 9.59 Å². The van der Waals surface area contributed by atoms with E-state index in [1.165, 1.54) is 0 Å². The number of hydrogen-bond acceptors (Lipinski definition) is 4. The quantitative estimate of drug-likeness (QED) is 0.497. The van der Waals surface area contributed by atoms with E-state index in [0.717, 1.165) is 26.5 Å². The number of benzene rings is 2. The molecular weight excluding hydrogens is 386 g/mol. The zero-order valence-electron chi connectivity index (χ0n) is 16.8. The summed E-state index contributed by atoms with van der Waals surface area (Å²) in [4.78, 5) is 26.5. The van der Waals surface area contributed by atoms with Gasteiger partial charge in [0.2, 0.25) is 0 Å². The van der Waals surface area contributed by atoms with Gasteiger partial charge in [0.1, 0.15) is 11.3 Å². The van der Waals surface area contributed by atoms with Crippen molar-refractivity contribution >= 4 is 40.2 Å². The molecule has 1 unspecified atom stereocenters. The maximum atomic E-state index is 12.4. The summed E-state index contributed by atoms with van der Waals surface area (Å²) < 4.78 is 5.80. The maximum absolute atomic E-state index is 12.4. The van der Waals surface area contributed by atoms with Crippen molar-refractivity contribution in [1.29, 1.82) is 0 Å². The molecule has 0 fully saturated rings. The number of quaternary nitrogens is 1. The lowest BCUT2D eigenvalue weighted by atomic mass is 10.2. The maximum Gasteiger partial charge on any atom is 0.279 e. The average Bonchev–Trinajstić information content (AvgIpc) is 3.12. The third-order valence-corrected chi connectivity index (χ3v) is 5.35. The minimum atomic E-state index is -0.245. The molecule has 2 amide bonds. The van der Waals surface area contributed by atoms with Gasteiger partial charge < -0.3 is 20.0 Å². The minimum absolute atomic E-state index is 0.123. The van der Waals surface area contributed by atoms with Gasteiger partial charge in [-0.15, -0.1) is 11.8 Å². The number of carbonyl (C=O) groups excluding carboxylic acids is 2. The van der Waals surface area contributed by atoms with Gasteiger partial charge in [-0.3, -0.25) is 9.59 Å². The second-order valence-electron chi connectivity index (χ2n) is 7.03. The van der Waals surface area contributed by atoms with E-state index in [0.29, 0.717) is 5.76 Å². The topological polar surface area (TPSA) is 75.8 Å². The van der Waals surface area contributed by atoms with Crippen LogP contribution in [0.4, 0.5) is 5.69 Å². The summed E-state index contributed by atoms with van der Waals surface area (Å²) in [5, 5.41) is 6.87. The number of hydrogen-bond donors (Lipinski definition) is 3. The number of rotatable bonds is 8. The van der Waals surface area contributed by atoms with Crippen LogP contribution in [-0.2, 0) is 9.59 Å². The Hall–Kier alpha value is -2.77. The molecule has 3 rings (SSSR count). The van der Waals surface area contributed by atoms with E-state index in [-0.39, 0.29) is 30.9 Å². The predicted molar refractivity (Wildman–Crippen MR) is 116 cm³/mol. The monoisotopic (exact) mass is 412 g/mol. The number of nitrogens with one attached hydrogen (secondary N) is 3. The SMILES string of the molecule is CSc1ccccc1NC(=O)C[NH+](C)CC(=O)N[C@H](C)c1cc2ccccc2o1. The van der Waals surface area contributed by atoms with Gasteiger partial charge in [-0.25, -0.2) is 0 Å². The summed E-state index contributed by atoms with van der Waals surface area (Å²) in [6, 6.07) is 17.1. The van der Waals surface area contributed by atoms with Crippen LogP contribution in [0.5, 0.6) is 0 Å². The van der Waals surface area contributed by atoms with Crippen molar-refractivity contribution in [3.05, 3.63) is 60.4 Å². The molecule has 1 aromatic heterocycles. The van der Waals surface area contributed by atoms with Crippen LogP contribution in [0.15, 0.2) is 63.9 Å². The third kappa shape index (κ3) is 5.62. The first-order chi connectivity index (χ1) is 14.0. The van der Waals surface area contributed by atoms with Crippen LogP contribution >= 0.6 is 11.8 Å². The van der Waals surface area contributed by atoms with Gasteiger partial charge in [0.25, 0.3) is 11.8 Å². The van der Waals surface area contributed by atoms with Crippen LogP contribution < -0.4 is 15.5 Å². The molecule has 3 N–H and O–H groups in total. The van der Waals surface area contributed by atoms with Gasteiger partial charge in [0.05, 0.1) is 18.8 Å². The zero-order valence-corrected chi connectivity index (χ0v) is 17.6. The van der Waals surface area contributed by atoms with Crippen LogP contribution in [0.1, 0.15) is 18.7 Å². The van der Waals surface area contributed by atoms with E-state index in [1.807, 2.05) is 74.8 Å². The third-order valence-electron chi connectivity index (χ3n) is 4.55. The summed E-state index contributed by atoms with van der Waals surface area (Å²) in [5.41, 5.74) is 1.59. The van der Waals surface area contributed by atoms with E-state index in [2.05, 4.69) is 10.6 Å². The van der Waals surface area contributed by atoms with E-state index < -0.39 is 0 Å². The van der Waals surface area contributed by atoms with Gasteiger partial charge in [-0.05, 0) is 37.4 Å². The molecule has 7 heteroatoms. The van der Waals surface area contributed by atoms with Crippen molar-refractivity contribution in [1.82, 2.24) is 5.32 Å². The van der Waals surface area contributed by atoms with Crippen LogP contribution in [0.2, 0.25) is 0 Å². The Bertz CT molecular complexity index is 969. The first-order valence-corrected chi connectivity index (χ1v) is 10.7. The van der Waals surface area contributed by atoms with Crippen molar-refractivity contribution in [3.8, 4) is 0 Å². The fourth-order valence-corrected chi connectivity index (χ4v) is 3.69. The fraction of sp³-hybridized carbons (Fsp3) is 0.273. The van der Waals surface area contributed by atoms with Gasteiger partial charge in [0, 0.05) is 10.3 Å². The van der Waals surface area contributed by atoms with Crippen molar-refractivity contribution in [2.24, 2.45) is 0 Å². The Balaban J connectivity index is 1.50. The van der Waals surface area contributed by atoms with Gasteiger partial charge >= 0.3 is 0 Å². The molecule has 0 radical (unpaired) electrons. The van der Waals surface area contributed by atoms with Crippen LogP contribution in [0.3, 0.4) is 0 Å². The number of fused-ring (bicyclic) bond motifs is 1. The number of likely N-dealkylation sites (N-methyl/N-ethyl adjacent to an activating group) is 1. The molecule has 2 atom stereocenters. The fourth-order valence-electron chi connectivity index (χ4n) is 3.13. The van der Waals surface area contributed by atoms with E-state index >= 15 is 0 Å². The highest BCUT2D eigenvalue weighted by atomic mass is 32.2.